The SMILES string of the molecule is C1CCOC1.COc1cc([N+](=O)[O-])ccc1N1CCN(C(=O)[C@H](C)O)CC1.COc1cc([N+](=O)[O-])ccc1N1CCN(C[C@H](C)O)CC1.[B]. The number of amides is 1. The van der Waals surface area contributed by atoms with Gasteiger partial charge in [-0.15, -0.1) is 0 Å². The number of nitro groups is 2. The zero-order valence-corrected chi connectivity index (χ0v) is 28.7. The number of rotatable bonds is 9. The second kappa shape index (κ2) is 20.4. The first-order valence-electron chi connectivity index (χ1n) is 16.0. The Bertz CT molecular complexity index is 1340. The highest BCUT2D eigenvalue weighted by atomic mass is 16.6. The van der Waals surface area contributed by atoms with Crippen molar-refractivity contribution in [2.24, 2.45) is 0 Å². The molecule has 0 spiro atoms. The molecule has 3 aliphatic rings. The Kier molecular flexibility index (Phi) is 17.0. The number of piperazine rings is 2. The van der Waals surface area contributed by atoms with Crippen LogP contribution in [0.25, 0.3) is 0 Å². The minimum absolute atomic E-state index is 0. The van der Waals surface area contributed by atoms with Crippen molar-refractivity contribution in [2.45, 2.75) is 38.9 Å². The van der Waals surface area contributed by atoms with E-state index in [2.05, 4.69) is 9.80 Å². The highest BCUT2D eigenvalue weighted by Crippen LogP contribution is 2.34. The zero-order chi connectivity index (χ0) is 35.2. The van der Waals surface area contributed by atoms with E-state index in [1.165, 1.54) is 58.3 Å². The number of nitro benzene ring substituents is 2. The zero-order valence-electron chi connectivity index (χ0n) is 28.7. The van der Waals surface area contributed by atoms with Gasteiger partial charge in [-0.05, 0) is 38.8 Å². The van der Waals surface area contributed by atoms with Gasteiger partial charge >= 0.3 is 0 Å². The van der Waals surface area contributed by atoms with Crippen LogP contribution in [0.5, 0.6) is 11.5 Å². The van der Waals surface area contributed by atoms with Gasteiger partial charge in [0.2, 0.25) is 0 Å². The van der Waals surface area contributed by atoms with Crippen molar-refractivity contribution in [3.63, 3.8) is 0 Å². The molecule has 3 heterocycles. The molecule has 3 radical (unpaired) electrons. The van der Waals surface area contributed by atoms with Crippen LogP contribution in [-0.2, 0) is 9.53 Å². The summed E-state index contributed by atoms with van der Waals surface area (Å²) in [6, 6.07) is 9.18. The molecule has 3 fully saturated rings. The van der Waals surface area contributed by atoms with E-state index in [0.29, 0.717) is 44.2 Å². The van der Waals surface area contributed by atoms with E-state index in [9.17, 15) is 35.2 Å². The number of β-amino-alcohol motifs (C(OH)–C–C–N with tert-alkyl or cyclic N) is 1. The highest BCUT2D eigenvalue weighted by molar-refractivity contribution is 5.80. The van der Waals surface area contributed by atoms with Gasteiger partial charge in [0.25, 0.3) is 17.3 Å². The molecule has 3 aliphatic heterocycles. The van der Waals surface area contributed by atoms with Crippen molar-refractivity contribution < 1.29 is 39.1 Å². The van der Waals surface area contributed by atoms with Gasteiger partial charge in [0.05, 0.1) is 53.7 Å². The molecule has 16 nitrogen and oxygen atoms in total. The number of carbonyl (C=O) groups is 1. The molecule has 0 unspecified atom stereocenters. The molecule has 0 aliphatic carbocycles. The van der Waals surface area contributed by atoms with Crippen LogP contribution in [0.3, 0.4) is 0 Å². The van der Waals surface area contributed by atoms with Gasteiger partial charge in [0.1, 0.15) is 17.6 Å². The molecule has 0 bridgehead atoms. The van der Waals surface area contributed by atoms with Crippen molar-refractivity contribution in [2.75, 3.05) is 96.1 Å². The highest BCUT2D eigenvalue weighted by Gasteiger charge is 2.26. The van der Waals surface area contributed by atoms with Crippen LogP contribution in [-0.4, -0.2) is 143 Å². The quantitative estimate of drug-likeness (QED) is 0.222. The first-order chi connectivity index (χ1) is 22.9. The van der Waals surface area contributed by atoms with Crippen molar-refractivity contribution in [1.29, 1.82) is 0 Å². The number of aliphatic hydroxyl groups excluding tert-OH is 2. The van der Waals surface area contributed by atoms with E-state index in [-0.39, 0.29) is 31.8 Å². The maximum atomic E-state index is 11.7. The van der Waals surface area contributed by atoms with Gasteiger partial charge in [-0.1, -0.05) is 0 Å². The van der Waals surface area contributed by atoms with Crippen LogP contribution in [0.1, 0.15) is 26.7 Å². The van der Waals surface area contributed by atoms with Gasteiger partial charge in [-0.2, -0.15) is 0 Å². The van der Waals surface area contributed by atoms with Gasteiger partial charge in [0.15, 0.2) is 0 Å². The largest absolute Gasteiger partial charge is 0.494 e. The van der Waals surface area contributed by atoms with Crippen molar-refractivity contribution in [1.82, 2.24) is 9.80 Å². The third-order valence-corrected chi connectivity index (χ3v) is 8.10. The summed E-state index contributed by atoms with van der Waals surface area (Å²) in [6.07, 6.45) is 1.23. The number of non-ortho nitro benzene ring substituents is 2. The maximum Gasteiger partial charge on any atom is 0.273 e. The molecule has 0 aromatic heterocycles. The molecule has 2 atom stereocenters. The number of hydrogen-bond donors (Lipinski definition) is 2. The Morgan fingerprint density at radius 1 is 0.796 bits per heavy atom. The fourth-order valence-electron chi connectivity index (χ4n) is 5.57. The summed E-state index contributed by atoms with van der Waals surface area (Å²) in [5.41, 5.74) is 1.64. The predicted octanol–water partition coefficient (Wildman–Crippen LogP) is 2.16. The van der Waals surface area contributed by atoms with Crippen LogP contribution in [0, 0.1) is 20.2 Å². The van der Waals surface area contributed by atoms with Gasteiger partial charge in [0, 0.05) is 92.7 Å². The molecule has 269 valence electrons. The number of ether oxygens (including phenoxy) is 3. The van der Waals surface area contributed by atoms with E-state index < -0.39 is 16.0 Å². The summed E-state index contributed by atoms with van der Waals surface area (Å²) in [5.74, 6) is 0.674. The third-order valence-electron chi connectivity index (χ3n) is 8.10. The lowest BCUT2D eigenvalue weighted by Gasteiger charge is -2.37. The topological polar surface area (TPSA) is 184 Å². The lowest BCUT2D eigenvalue weighted by atomic mass is 10.2. The molecule has 2 N–H and O–H groups in total. The normalized spacial score (nSPS) is 17.3. The summed E-state index contributed by atoms with van der Waals surface area (Å²) in [4.78, 5) is 40.4. The summed E-state index contributed by atoms with van der Waals surface area (Å²) in [6.45, 7) is 11.4. The first kappa shape index (κ1) is 41.0. The molecule has 3 saturated heterocycles. The van der Waals surface area contributed by atoms with Gasteiger partial charge in [-0.25, -0.2) is 0 Å². The predicted molar refractivity (Wildman–Crippen MR) is 186 cm³/mol. The standard InChI is InChI=1S/C14H19N3O5.C14H21N3O4.C4H8O.B/c1-10(18)14(19)16-7-5-15(6-8-16)12-4-3-11(17(20)21)9-13(12)22-2;1-11(18)10-15-5-7-16(8-6-15)13-4-3-12(17(19)20)9-14(13)21-2;1-2-4-5-3-1;/h3-4,9-10,18H,5-8H2,1-2H3;3-4,9,11,18H,5-8,10H2,1-2H3;1-4H2;/t10-;11-;;/m00../s1. The fraction of sp³-hybridized carbons (Fsp3) is 0.594. The van der Waals surface area contributed by atoms with E-state index in [0.717, 1.165) is 50.8 Å². The molecule has 49 heavy (non-hydrogen) atoms. The Balaban J connectivity index is 0.000000292. The summed E-state index contributed by atoms with van der Waals surface area (Å²) >= 11 is 0. The number of aliphatic hydroxyl groups is 2. The molecule has 0 saturated carbocycles. The van der Waals surface area contributed by atoms with E-state index in [1.54, 1.807) is 24.0 Å². The molecule has 2 aromatic rings. The smallest absolute Gasteiger partial charge is 0.273 e. The third kappa shape index (κ3) is 12.3. The minimum atomic E-state index is -1.000. The van der Waals surface area contributed by atoms with Crippen molar-refractivity contribution in [3.05, 3.63) is 56.6 Å². The lowest BCUT2D eigenvalue weighted by molar-refractivity contribution is -0.385. The van der Waals surface area contributed by atoms with Crippen LogP contribution < -0.4 is 19.3 Å². The summed E-state index contributed by atoms with van der Waals surface area (Å²) < 4.78 is 15.5. The minimum Gasteiger partial charge on any atom is -0.494 e. The molecule has 5 rings (SSSR count). The van der Waals surface area contributed by atoms with Crippen LogP contribution in [0.4, 0.5) is 22.7 Å². The lowest BCUT2D eigenvalue weighted by Crippen LogP contribution is -2.51. The van der Waals surface area contributed by atoms with Crippen LogP contribution in [0.2, 0.25) is 0 Å². The summed E-state index contributed by atoms with van der Waals surface area (Å²) in [5, 5.41) is 40.4. The van der Waals surface area contributed by atoms with E-state index in [4.69, 9.17) is 14.2 Å². The van der Waals surface area contributed by atoms with E-state index in [1.807, 2.05) is 4.90 Å². The average Bonchev–Trinajstić information content (AvgIpc) is 3.68. The summed E-state index contributed by atoms with van der Waals surface area (Å²) in [7, 11) is 2.99. The monoisotopic (exact) mass is 687 g/mol. The Labute approximate surface area is 289 Å². The molecular formula is C32H48BN6O10. The number of benzene rings is 2. The van der Waals surface area contributed by atoms with Crippen molar-refractivity contribution in [3.8, 4) is 11.5 Å². The fourth-order valence-corrected chi connectivity index (χ4v) is 5.57. The molecule has 17 heteroatoms. The molecule has 1 amide bonds. The Hall–Kier alpha value is -4.19. The number of carbonyl (C=O) groups excluding carboxylic acids is 1. The first-order valence-corrected chi connectivity index (χ1v) is 16.0. The van der Waals surface area contributed by atoms with Crippen molar-refractivity contribution >= 4 is 37.1 Å². The van der Waals surface area contributed by atoms with Gasteiger partial charge in [-0.3, -0.25) is 29.9 Å². The maximum absolute atomic E-state index is 11.7. The van der Waals surface area contributed by atoms with Crippen LogP contribution >= 0.6 is 0 Å². The van der Waals surface area contributed by atoms with E-state index >= 15 is 0 Å². The number of anilines is 2. The number of nitrogens with zero attached hydrogens (tertiary/aromatic N) is 6. The average molecular weight is 688 g/mol. The van der Waals surface area contributed by atoms with Crippen LogP contribution in [0.15, 0.2) is 36.4 Å². The Morgan fingerprint density at radius 3 is 1.55 bits per heavy atom. The van der Waals surface area contributed by atoms with Gasteiger partial charge < -0.3 is 39.1 Å². The number of hydrogen-bond acceptors (Lipinski definition) is 13. The molecule has 2 aromatic carbocycles. The second-order valence-electron chi connectivity index (χ2n) is 11.7. The second-order valence-corrected chi connectivity index (χ2v) is 11.7. The Morgan fingerprint density at radius 2 is 1.22 bits per heavy atom. The number of methoxy groups -OCH3 is 2. The molecular weight excluding hydrogens is 639 g/mol.